The number of likely N-dealkylation sites (tertiary alicyclic amines) is 1. The molecule has 0 bridgehead atoms. The number of rotatable bonds is 5. The number of nitro groups is 1. The van der Waals surface area contributed by atoms with Crippen molar-refractivity contribution in [2.75, 3.05) is 25.0 Å². The van der Waals surface area contributed by atoms with E-state index >= 15 is 0 Å². The molecule has 0 spiro atoms. The summed E-state index contributed by atoms with van der Waals surface area (Å²) < 4.78 is 28.7. The van der Waals surface area contributed by atoms with Crippen molar-refractivity contribution in [1.82, 2.24) is 4.90 Å². The minimum atomic E-state index is -3.99. The van der Waals surface area contributed by atoms with E-state index in [-0.39, 0.29) is 22.2 Å². The Morgan fingerprint density at radius 2 is 2.11 bits per heavy atom. The Kier molecular flexibility index (Phi) is 5.44. The lowest BCUT2D eigenvalue weighted by Gasteiger charge is -2.39. The second-order valence-corrected chi connectivity index (χ2v) is 9.42. The molecular formula is C17H26N4O5S. The summed E-state index contributed by atoms with van der Waals surface area (Å²) in [5.74, 6) is 0. The van der Waals surface area contributed by atoms with Crippen molar-refractivity contribution in [1.29, 1.82) is 0 Å². The van der Waals surface area contributed by atoms with E-state index in [0.29, 0.717) is 11.7 Å². The van der Waals surface area contributed by atoms with Gasteiger partial charge >= 0.3 is 0 Å². The lowest BCUT2D eigenvalue weighted by atomic mass is 9.93. The monoisotopic (exact) mass is 398 g/mol. The zero-order chi connectivity index (χ0) is 19.8. The lowest BCUT2D eigenvalue weighted by Crippen LogP contribution is -2.45. The lowest BCUT2D eigenvalue weighted by molar-refractivity contribution is -0.384. The second kappa shape index (κ2) is 7.34. The van der Waals surface area contributed by atoms with Gasteiger partial charge in [0, 0.05) is 37.8 Å². The number of hydrogen-bond acceptors (Lipinski definition) is 7. The van der Waals surface area contributed by atoms with Crippen molar-refractivity contribution in [3.8, 4) is 0 Å². The highest BCUT2D eigenvalue weighted by molar-refractivity contribution is 7.89. The highest BCUT2D eigenvalue weighted by atomic mass is 32.2. The summed E-state index contributed by atoms with van der Waals surface area (Å²) in [4.78, 5) is 12.9. The van der Waals surface area contributed by atoms with Gasteiger partial charge < -0.3 is 10.1 Å². The molecule has 10 heteroatoms. The summed E-state index contributed by atoms with van der Waals surface area (Å²) in [6, 6.07) is 4.22. The molecular weight excluding hydrogens is 372 g/mol. The predicted molar refractivity (Wildman–Crippen MR) is 101 cm³/mol. The minimum Gasteiger partial charge on any atom is -0.375 e. The van der Waals surface area contributed by atoms with Gasteiger partial charge in [-0.1, -0.05) is 0 Å². The van der Waals surface area contributed by atoms with Gasteiger partial charge in [-0.15, -0.1) is 0 Å². The molecule has 9 nitrogen and oxygen atoms in total. The molecule has 150 valence electrons. The zero-order valence-corrected chi connectivity index (χ0v) is 16.4. The van der Waals surface area contributed by atoms with Crippen LogP contribution in [0.5, 0.6) is 0 Å². The SMILES string of the molecule is CC1(C)CC(N2CC[C@H](Nc3ccc(S(N)(=O)=O)cc3[N+](=O)[O-])C2)CCO1. The quantitative estimate of drug-likeness (QED) is 0.570. The van der Waals surface area contributed by atoms with Gasteiger partial charge in [-0.3, -0.25) is 15.0 Å². The number of sulfonamides is 1. The number of anilines is 1. The number of benzene rings is 1. The molecule has 0 saturated carbocycles. The molecule has 1 unspecified atom stereocenters. The standard InChI is InChI=1S/C17H26N4O5S/c1-17(2)10-13(6-8-26-17)20-7-5-12(11-20)19-15-4-3-14(27(18,24)25)9-16(15)21(22)23/h3-4,9,12-13,19H,5-8,10-11H2,1-2H3,(H2,18,24,25)/t12-,13?/m0/s1. The van der Waals surface area contributed by atoms with Crippen LogP contribution in [0.3, 0.4) is 0 Å². The van der Waals surface area contributed by atoms with E-state index in [0.717, 1.165) is 45.0 Å². The second-order valence-electron chi connectivity index (χ2n) is 7.86. The van der Waals surface area contributed by atoms with Crippen LogP contribution < -0.4 is 10.5 Å². The average molecular weight is 398 g/mol. The van der Waals surface area contributed by atoms with Gasteiger partial charge in [-0.05, 0) is 45.2 Å². The van der Waals surface area contributed by atoms with E-state index in [9.17, 15) is 18.5 Å². The number of nitrogens with one attached hydrogen (secondary N) is 1. The topological polar surface area (TPSA) is 128 Å². The number of nitro benzene ring substituents is 1. The minimum absolute atomic E-state index is 0.0648. The van der Waals surface area contributed by atoms with Gasteiger partial charge in [0.2, 0.25) is 10.0 Å². The van der Waals surface area contributed by atoms with Crippen molar-refractivity contribution in [2.24, 2.45) is 5.14 Å². The summed E-state index contributed by atoms with van der Waals surface area (Å²) in [7, 11) is -3.99. The Bertz CT molecular complexity index is 827. The van der Waals surface area contributed by atoms with Gasteiger partial charge in [0.1, 0.15) is 5.69 Å². The van der Waals surface area contributed by atoms with Crippen LogP contribution in [-0.2, 0) is 14.8 Å². The van der Waals surface area contributed by atoms with Gasteiger partial charge in [0.15, 0.2) is 0 Å². The normalized spacial score (nSPS) is 26.0. The fourth-order valence-electron chi connectivity index (χ4n) is 3.93. The number of hydrogen-bond donors (Lipinski definition) is 2. The third-order valence-corrected chi connectivity index (χ3v) is 6.17. The third-order valence-electron chi connectivity index (χ3n) is 5.26. The van der Waals surface area contributed by atoms with Gasteiger partial charge in [-0.25, -0.2) is 13.6 Å². The van der Waals surface area contributed by atoms with Crippen LogP contribution in [-0.4, -0.2) is 55.6 Å². The molecule has 1 aromatic carbocycles. The molecule has 2 aliphatic heterocycles. The Morgan fingerprint density at radius 3 is 2.74 bits per heavy atom. The maximum atomic E-state index is 11.5. The molecule has 3 N–H and O–H groups in total. The first-order chi connectivity index (χ1) is 12.5. The van der Waals surface area contributed by atoms with Crippen LogP contribution in [0.1, 0.15) is 33.1 Å². The van der Waals surface area contributed by atoms with Crippen LogP contribution in [0, 0.1) is 10.1 Å². The average Bonchev–Trinajstić information content (AvgIpc) is 3.01. The molecule has 2 atom stereocenters. The summed E-state index contributed by atoms with van der Waals surface area (Å²) in [5, 5.41) is 19.6. The first-order valence-electron chi connectivity index (χ1n) is 9.01. The zero-order valence-electron chi connectivity index (χ0n) is 15.6. The van der Waals surface area contributed by atoms with Crippen molar-refractivity contribution >= 4 is 21.4 Å². The van der Waals surface area contributed by atoms with E-state index < -0.39 is 14.9 Å². The fraction of sp³-hybridized carbons (Fsp3) is 0.647. The predicted octanol–water partition coefficient (Wildman–Crippen LogP) is 1.69. The molecule has 3 rings (SSSR count). The number of primary sulfonamides is 1. The number of nitrogens with zero attached hydrogens (tertiary/aromatic N) is 2. The van der Waals surface area contributed by atoms with E-state index in [1.807, 2.05) is 0 Å². The van der Waals surface area contributed by atoms with Crippen LogP contribution in [0.25, 0.3) is 0 Å². The number of ether oxygens (including phenoxy) is 1. The van der Waals surface area contributed by atoms with Crippen molar-refractivity contribution in [3.63, 3.8) is 0 Å². The molecule has 0 aliphatic carbocycles. The molecule has 2 heterocycles. The largest absolute Gasteiger partial charge is 0.375 e. The van der Waals surface area contributed by atoms with E-state index in [1.165, 1.54) is 12.1 Å². The first kappa shape index (κ1) is 20.0. The van der Waals surface area contributed by atoms with Gasteiger partial charge in [0.25, 0.3) is 5.69 Å². The molecule has 1 aromatic rings. The molecule has 2 fully saturated rings. The van der Waals surface area contributed by atoms with E-state index in [1.54, 1.807) is 0 Å². The molecule has 0 amide bonds. The van der Waals surface area contributed by atoms with E-state index in [4.69, 9.17) is 9.88 Å². The highest BCUT2D eigenvalue weighted by Crippen LogP contribution is 2.32. The van der Waals surface area contributed by atoms with E-state index in [2.05, 4.69) is 24.1 Å². The van der Waals surface area contributed by atoms with Crippen LogP contribution >= 0.6 is 0 Å². The van der Waals surface area contributed by atoms with Crippen molar-refractivity contribution in [3.05, 3.63) is 28.3 Å². The summed E-state index contributed by atoms with van der Waals surface area (Å²) in [6.07, 6.45) is 2.81. The number of nitrogens with two attached hydrogens (primary N) is 1. The maximum absolute atomic E-state index is 11.5. The summed E-state index contributed by atoms with van der Waals surface area (Å²) in [5.41, 5.74) is -0.102. The fourth-order valence-corrected chi connectivity index (χ4v) is 4.46. The summed E-state index contributed by atoms with van der Waals surface area (Å²) >= 11 is 0. The molecule has 2 aliphatic rings. The summed E-state index contributed by atoms with van der Waals surface area (Å²) in [6.45, 7) is 6.64. The Hall–Kier alpha value is -1.75. The van der Waals surface area contributed by atoms with Crippen LogP contribution in [0.15, 0.2) is 23.1 Å². The van der Waals surface area contributed by atoms with Crippen LogP contribution in [0.4, 0.5) is 11.4 Å². The van der Waals surface area contributed by atoms with Crippen molar-refractivity contribution in [2.45, 2.75) is 55.7 Å². The maximum Gasteiger partial charge on any atom is 0.293 e. The Labute approximate surface area is 159 Å². The molecule has 0 radical (unpaired) electrons. The molecule has 2 saturated heterocycles. The Morgan fingerprint density at radius 1 is 1.37 bits per heavy atom. The van der Waals surface area contributed by atoms with Crippen LogP contribution in [0.2, 0.25) is 0 Å². The highest BCUT2D eigenvalue weighted by Gasteiger charge is 2.36. The third kappa shape index (κ3) is 4.75. The van der Waals surface area contributed by atoms with Gasteiger partial charge in [-0.2, -0.15) is 0 Å². The van der Waals surface area contributed by atoms with Gasteiger partial charge in [0.05, 0.1) is 15.4 Å². The Balaban J connectivity index is 1.70. The smallest absolute Gasteiger partial charge is 0.293 e. The molecule has 0 aromatic heterocycles. The molecule has 27 heavy (non-hydrogen) atoms. The first-order valence-corrected chi connectivity index (χ1v) is 10.6. The van der Waals surface area contributed by atoms with Crippen molar-refractivity contribution < 1.29 is 18.1 Å².